The molecule has 2 aromatic carbocycles. The third kappa shape index (κ3) is 7.71. The van der Waals surface area contributed by atoms with Crippen molar-refractivity contribution in [3.8, 4) is 5.75 Å². The quantitative estimate of drug-likeness (QED) is 0.233. The number of piperidine rings is 1. The lowest BCUT2D eigenvalue weighted by Crippen LogP contribution is -2.41. The minimum absolute atomic E-state index is 0.0435. The lowest BCUT2D eigenvalue weighted by molar-refractivity contribution is -0.138. The Bertz CT molecular complexity index is 1280. The van der Waals surface area contributed by atoms with Crippen LogP contribution in [0, 0.1) is 11.8 Å². The molecular formula is C31H36F4N2O3. The average Bonchev–Trinajstić information content (AvgIpc) is 2.94. The summed E-state index contributed by atoms with van der Waals surface area (Å²) in [6.07, 6.45) is -0.756. The largest absolute Gasteiger partial charge is 0.497 e. The van der Waals surface area contributed by atoms with Gasteiger partial charge < -0.3 is 14.7 Å². The highest BCUT2D eigenvalue weighted by atomic mass is 19.4. The van der Waals surface area contributed by atoms with Gasteiger partial charge in [-0.05, 0) is 105 Å². The van der Waals surface area contributed by atoms with Crippen molar-refractivity contribution < 1.29 is 32.2 Å². The van der Waals surface area contributed by atoms with Gasteiger partial charge in [-0.3, -0.25) is 9.78 Å². The Morgan fingerprint density at radius 3 is 2.70 bits per heavy atom. The molecule has 3 atom stereocenters. The molecule has 1 fully saturated rings. The molecule has 40 heavy (non-hydrogen) atoms. The molecular weight excluding hydrogens is 524 g/mol. The Labute approximate surface area is 232 Å². The summed E-state index contributed by atoms with van der Waals surface area (Å²) >= 11 is 0. The van der Waals surface area contributed by atoms with Crippen LogP contribution in [-0.4, -0.2) is 47.7 Å². The second kappa shape index (κ2) is 13.4. The van der Waals surface area contributed by atoms with Crippen LogP contribution in [0.4, 0.5) is 17.6 Å². The van der Waals surface area contributed by atoms with Crippen molar-refractivity contribution in [1.82, 2.24) is 9.88 Å². The lowest BCUT2D eigenvalue weighted by Gasteiger charge is -2.39. The molecule has 2 heterocycles. The number of carboxylic acids is 1. The first-order valence-electron chi connectivity index (χ1n) is 13.8. The van der Waals surface area contributed by atoms with Gasteiger partial charge in [0.1, 0.15) is 11.9 Å². The average molecular weight is 561 g/mol. The van der Waals surface area contributed by atoms with Gasteiger partial charge >= 0.3 is 12.1 Å². The number of ether oxygens (including phenoxy) is 1. The molecule has 0 spiro atoms. The van der Waals surface area contributed by atoms with E-state index in [0.717, 1.165) is 24.4 Å². The topological polar surface area (TPSA) is 62.7 Å². The fourth-order valence-electron chi connectivity index (χ4n) is 5.95. The Morgan fingerprint density at radius 2 is 1.95 bits per heavy atom. The second-order valence-corrected chi connectivity index (χ2v) is 10.6. The highest BCUT2D eigenvalue weighted by molar-refractivity contribution is 5.83. The van der Waals surface area contributed by atoms with E-state index in [0.29, 0.717) is 67.6 Å². The second-order valence-electron chi connectivity index (χ2n) is 10.6. The van der Waals surface area contributed by atoms with E-state index in [1.807, 2.05) is 6.07 Å². The van der Waals surface area contributed by atoms with Crippen molar-refractivity contribution in [1.29, 1.82) is 0 Å². The fraction of sp³-hybridized carbons (Fsp3) is 0.484. The van der Waals surface area contributed by atoms with E-state index in [9.17, 15) is 23.1 Å². The van der Waals surface area contributed by atoms with Crippen LogP contribution in [-0.2, 0) is 17.4 Å². The number of aliphatic carboxylic acids is 1. The molecule has 5 nitrogen and oxygen atoms in total. The first-order chi connectivity index (χ1) is 19.2. The molecule has 3 aromatic rings. The Morgan fingerprint density at radius 1 is 1.15 bits per heavy atom. The number of hydrogen-bond acceptors (Lipinski definition) is 4. The first kappa shape index (κ1) is 29.8. The van der Waals surface area contributed by atoms with Crippen LogP contribution < -0.4 is 4.74 Å². The van der Waals surface area contributed by atoms with Gasteiger partial charge in [0.2, 0.25) is 0 Å². The number of alkyl halides is 4. The SMILES string of the molecule is COc1ccc2nccc([C@@H](F)CCC3CCN(CCCc4ccccc4C(F)(F)F)CC3CCC(=O)O)c2c1. The molecule has 0 radical (unpaired) electrons. The molecule has 4 rings (SSSR count). The molecule has 9 heteroatoms. The number of likely N-dealkylation sites (tertiary alicyclic amines) is 1. The summed E-state index contributed by atoms with van der Waals surface area (Å²) in [5.74, 6) is 0.0494. The number of rotatable bonds is 12. The molecule has 0 aliphatic carbocycles. The van der Waals surface area contributed by atoms with Crippen molar-refractivity contribution in [2.24, 2.45) is 11.8 Å². The predicted octanol–water partition coefficient (Wildman–Crippen LogP) is 7.49. The minimum atomic E-state index is -4.38. The van der Waals surface area contributed by atoms with Crippen molar-refractivity contribution in [2.45, 2.75) is 57.3 Å². The van der Waals surface area contributed by atoms with Crippen LogP contribution >= 0.6 is 0 Å². The van der Waals surface area contributed by atoms with E-state index < -0.39 is 23.9 Å². The van der Waals surface area contributed by atoms with Crippen molar-refractivity contribution in [3.05, 3.63) is 71.4 Å². The predicted molar refractivity (Wildman–Crippen MR) is 146 cm³/mol. The third-order valence-corrected chi connectivity index (χ3v) is 8.06. The summed E-state index contributed by atoms with van der Waals surface area (Å²) in [7, 11) is 1.56. The number of aryl methyl sites for hydroxylation is 1. The Balaban J connectivity index is 1.36. The summed E-state index contributed by atoms with van der Waals surface area (Å²) in [6.45, 7) is 2.08. The molecule has 1 N–H and O–H groups in total. The molecule has 0 saturated carbocycles. The maximum absolute atomic E-state index is 15.6. The van der Waals surface area contributed by atoms with Crippen LogP contribution in [0.5, 0.6) is 5.75 Å². The monoisotopic (exact) mass is 560 g/mol. The maximum atomic E-state index is 15.6. The standard InChI is InChI=1S/C31H36F4N2O3/c1-40-24-10-12-29-26(19-24)25(14-16-36-29)28(32)11-8-21-15-18-37(20-23(21)9-13-30(38)39)17-4-6-22-5-2-3-7-27(22)31(33,34)35/h2-3,5,7,10,12,14,16,19,21,23,28H,4,6,8-9,11,13,15,17-18,20H2,1H3,(H,38,39)/t21?,23?,28-/m0/s1. The molecule has 1 aromatic heterocycles. The molecule has 0 bridgehead atoms. The highest BCUT2D eigenvalue weighted by Gasteiger charge is 2.33. The number of benzene rings is 2. The molecule has 216 valence electrons. The molecule has 0 amide bonds. The number of carbonyl (C=O) groups is 1. The normalized spacial score (nSPS) is 19.0. The summed E-state index contributed by atoms with van der Waals surface area (Å²) in [5, 5.41) is 10.0. The number of carboxylic acid groups (broad SMARTS) is 1. The number of aromatic nitrogens is 1. The van der Waals surface area contributed by atoms with Gasteiger partial charge in [-0.1, -0.05) is 18.2 Å². The van der Waals surface area contributed by atoms with E-state index in [-0.39, 0.29) is 18.3 Å². The smallest absolute Gasteiger partial charge is 0.416 e. The van der Waals surface area contributed by atoms with E-state index in [1.54, 1.807) is 37.6 Å². The highest BCUT2D eigenvalue weighted by Crippen LogP contribution is 2.37. The number of pyridine rings is 1. The number of halogens is 4. The van der Waals surface area contributed by atoms with Gasteiger partial charge in [0, 0.05) is 24.5 Å². The van der Waals surface area contributed by atoms with Crippen LogP contribution in [0.1, 0.15) is 61.4 Å². The van der Waals surface area contributed by atoms with E-state index in [4.69, 9.17) is 4.74 Å². The van der Waals surface area contributed by atoms with Gasteiger partial charge in [-0.2, -0.15) is 13.2 Å². The molecule has 2 unspecified atom stereocenters. The summed E-state index contributed by atoms with van der Waals surface area (Å²) in [4.78, 5) is 17.9. The van der Waals surface area contributed by atoms with Gasteiger partial charge in [0.05, 0.1) is 18.2 Å². The van der Waals surface area contributed by atoms with Crippen LogP contribution in [0.25, 0.3) is 10.9 Å². The van der Waals surface area contributed by atoms with Crippen LogP contribution in [0.3, 0.4) is 0 Å². The zero-order valence-corrected chi connectivity index (χ0v) is 22.7. The van der Waals surface area contributed by atoms with E-state index in [2.05, 4.69) is 9.88 Å². The van der Waals surface area contributed by atoms with Gasteiger partial charge in [-0.15, -0.1) is 0 Å². The maximum Gasteiger partial charge on any atom is 0.416 e. The van der Waals surface area contributed by atoms with E-state index in [1.165, 1.54) is 12.1 Å². The summed E-state index contributed by atoms with van der Waals surface area (Å²) < 4.78 is 60.9. The Hall–Kier alpha value is -3.20. The molecule has 1 aliphatic rings. The van der Waals surface area contributed by atoms with Crippen LogP contribution in [0.2, 0.25) is 0 Å². The number of methoxy groups -OCH3 is 1. The van der Waals surface area contributed by atoms with Crippen molar-refractivity contribution >= 4 is 16.9 Å². The van der Waals surface area contributed by atoms with Crippen molar-refractivity contribution in [2.75, 3.05) is 26.7 Å². The zero-order valence-electron chi connectivity index (χ0n) is 22.7. The van der Waals surface area contributed by atoms with Crippen molar-refractivity contribution in [3.63, 3.8) is 0 Å². The zero-order chi connectivity index (χ0) is 28.7. The van der Waals surface area contributed by atoms with Gasteiger partial charge in [-0.25, -0.2) is 4.39 Å². The third-order valence-electron chi connectivity index (χ3n) is 8.06. The number of nitrogens with zero attached hydrogens (tertiary/aromatic N) is 2. The minimum Gasteiger partial charge on any atom is -0.497 e. The van der Waals surface area contributed by atoms with Crippen LogP contribution in [0.15, 0.2) is 54.7 Å². The lowest BCUT2D eigenvalue weighted by atomic mass is 9.79. The number of hydrogen-bond donors (Lipinski definition) is 1. The molecule has 1 saturated heterocycles. The summed E-state index contributed by atoms with van der Waals surface area (Å²) in [5.41, 5.74) is 0.978. The van der Waals surface area contributed by atoms with Gasteiger partial charge in [0.25, 0.3) is 0 Å². The summed E-state index contributed by atoms with van der Waals surface area (Å²) in [6, 6.07) is 12.8. The van der Waals surface area contributed by atoms with Gasteiger partial charge in [0.15, 0.2) is 0 Å². The molecule has 1 aliphatic heterocycles. The Kier molecular flexibility index (Phi) is 10.0. The van der Waals surface area contributed by atoms with E-state index >= 15 is 4.39 Å². The number of fused-ring (bicyclic) bond motifs is 1. The first-order valence-corrected chi connectivity index (χ1v) is 13.8. The fourth-order valence-corrected chi connectivity index (χ4v) is 5.95.